The van der Waals surface area contributed by atoms with Crippen LogP contribution in [0.5, 0.6) is 5.75 Å². The minimum absolute atomic E-state index is 0.0559. The summed E-state index contributed by atoms with van der Waals surface area (Å²) < 4.78 is 5.14. The third-order valence-corrected chi connectivity index (χ3v) is 3.04. The molecule has 1 heterocycles. The van der Waals surface area contributed by atoms with Crippen LogP contribution in [0.2, 0.25) is 0 Å². The first-order chi connectivity index (χ1) is 9.99. The van der Waals surface area contributed by atoms with Gasteiger partial charge in [0.05, 0.1) is 7.11 Å². The van der Waals surface area contributed by atoms with E-state index in [1.807, 2.05) is 43.1 Å². The number of benzene rings is 1. The van der Waals surface area contributed by atoms with E-state index in [0.29, 0.717) is 18.2 Å². The molecular formula is C15H19N5O. The van der Waals surface area contributed by atoms with Crippen molar-refractivity contribution in [3.8, 4) is 5.75 Å². The first kappa shape index (κ1) is 14.8. The van der Waals surface area contributed by atoms with Crippen molar-refractivity contribution in [2.75, 3.05) is 19.1 Å². The van der Waals surface area contributed by atoms with E-state index in [0.717, 1.165) is 17.0 Å². The molecule has 0 spiro atoms. The second-order valence-corrected chi connectivity index (χ2v) is 4.81. The molecule has 0 saturated carbocycles. The lowest BCUT2D eigenvalue weighted by atomic mass is 10.2. The van der Waals surface area contributed by atoms with Crippen LogP contribution < -0.4 is 15.4 Å². The second-order valence-electron chi connectivity index (χ2n) is 4.81. The Balaban J connectivity index is 2.19. The maximum Gasteiger partial charge on any atom is 0.226 e. The van der Waals surface area contributed by atoms with Crippen molar-refractivity contribution in [1.29, 1.82) is 5.41 Å². The van der Waals surface area contributed by atoms with Crippen LogP contribution in [-0.4, -0.2) is 30.0 Å². The highest BCUT2D eigenvalue weighted by atomic mass is 16.5. The molecule has 21 heavy (non-hydrogen) atoms. The van der Waals surface area contributed by atoms with Gasteiger partial charge in [-0.1, -0.05) is 12.1 Å². The summed E-state index contributed by atoms with van der Waals surface area (Å²) in [4.78, 5) is 10.6. The standard InChI is InChI=1S/C15H19N5O/c1-10-8-13(14(16)17)19-15(18-10)20(2)9-11-4-6-12(21-3)7-5-11/h4-8H,9H2,1-3H3,(H3,16,17). The van der Waals surface area contributed by atoms with Crippen LogP contribution in [0.1, 0.15) is 17.0 Å². The molecule has 2 aromatic rings. The fraction of sp³-hybridized carbons (Fsp3) is 0.267. The normalized spacial score (nSPS) is 10.2. The van der Waals surface area contributed by atoms with Crippen molar-refractivity contribution in [2.45, 2.75) is 13.5 Å². The zero-order valence-corrected chi connectivity index (χ0v) is 12.4. The number of ether oxygens (including phenoxy) is 1. The van der Waals surface area contributed by atoms with Gasteiger partial charge in [-0.3, -0.25) is 5.41 Å². The smallest absolute Gasteiger partial charge is 0.226 e. The molecule has 0 atom stereocenters. The van der Waals surface area contributed by atoms with Gasteiger partial charge in [0.15, 0.2) is 0 Å². The van der Waals surface area contributed by atoms with Gasteiger partial charge in [0.25, 0.3) is 0 Å². The Morgan fingerprint density at radius 2 is 1.95 bits per heavy atom. The number of aryl methyl sites for hydroxylation is 1. The highest BCUT2D eigenvalue weighted by Gasteiger charge is 2.09. The lowest BCUT2D eigenvalue weighted by Gasteiger charge is -2.18. The Morgan fingerprint density at radius 1 is 1.29 bits per heavy atom. The van der Waals surface area contributed by atoms with Crippen molar-refractivity contribution < 1.29 is 4.74 Å². The molecule has 0 radical (unpaired) electrons. The van der Waals surface area contributed by atoms with Gasteiger partial charge in [0, 0.05) is 19.3 Å². The van der Waals surface area contributed by atoms with Crippen molar-refractivity contribution in [3.63, 3.8) is 0 Å². The number of nitrogen functional groups attached to an aromatic ring is 1. The number of nitrogens with two attached hydrogens (primary N) is 1. The van der Waals surface area contributed by atoms with Gasteiger partial charge >= 0.3 is 0 Å². The molecule has 0 amide bonds. The molecule has 1 aromatic carbocycles. The molecule has 2 rings (SSSR count). The Hall–Kier alpha value is -2.63. The summed E-state index contributed by atoms with van der Waals surface area (Å²) in [5, 5.41) is 7.49. The maximum absolute atomic E-state index is 7.49. The fourth-order valence-corrected chi connectivity index (χ4v) is 1.94. The van der Waals surface area contributed by atoms with E-state index in [-0.39, 0.29) is 5.84 Å². The lowest BCUT2D eigenvalue weighted by molar-refractivity contribution is 0.414. The average molecular weight is 285 g/mol. The molecule has 6 nitrogen and oxygen atoms in total. The largest absolute Gasteiger partial charge is 0.497 e. The Bertz CT molecular complexity index is 639. The topological polar surface area (TPSA) is 88.1 Å². The third-order valence-electron chi connectivity index (χ3n) is 3.04. The van der Waals surface area contributed by atoms with Crippen LogP contribution in [-0.2, 0) is 6.54 Å². The van der Waals surface area contributed by atoms with E-state index in [9.17, 15) is 0 Å². The van der Waals surface area contributed by atoms with Crippen molar-refractivity contribution >= 4 is 11.8 Å². The molecular weight excluding hydrogens is 266 g/mol. The Labute approximate surface area is 124 Å². The highest BCUT2D eigenvalue weighted by molar-refractivity contribution is 5.93. The number of anilines is 1. The van der Waals surface area contributed by atoms with Crippen molar-refractivity contribution in [1.82, 2.24) is 9.97 Å². The van der Waals surface area contributed by atoms with Crippen LogP contribution in [0.15, 0.2) is 30.3 Å². The SMILES string of the molecule is COc1ccc(CN(C)c2nc(C)cc(C(=N)N)n2)cc1. The van der Waals surface area contributed by atoms with Crippen LogP contribution in [0.3, 0.4) is 0 Å². The van der Waals surface area contributed by atoms with Gasteiger partial charge in [-0.05, 0) is 30.7 Å². The summed E-state index contributed by atoms with van der Waals surface area (Å²) in [5.74, 6) is 1.32. The number of methoxy groups -OCH3 is 1. The van der Waals surface area contributed by atoms with Gasteiger partial charge in [0.1, 0.15) is 17.3 Å². The van der Waals surface area contributed by atoms with E-state index in [4.69, 9.17) is 15.9 Å². The molecule has 3 N–H and O–H groups in total. The van der Waals surface area contributed by atoms with Gasteiger partial charge in [0.2, 0.25) is 5.95 Å². The molecule has 0 aliphatic carbocycles. The van der Waals surface area contributed by atoms with E-state index < -0.39 is 0 Å². The number of nitrogens with one attached hydrogen (secondary N) is 1. The predicted octanol–water partition coefficient (Wildman–Crippen LogP) is 1.71. The van der Waals surface area contributed by atoms with Crippen LogP contribution in [0.4, 0.5) is 5.95 Å². The van der Waals surface area contributed by atoms with E-state index in [1.54, 1.807) is 13.2 Å². The number of rotatable bonds is 5. The molecule has 1 aromatic heterocycles. The minimum atomic E-state index is -0.0559. The number of hydrogen-bond donors (Lipinski definition) is 2. The van der Waals surface area contributed by atoms with E-state index in [1.165, 1.54) is 0 Å². The van der Waals surface area contributed by atoms with E-state index >= 15 is 0 Å². The molecule has 6 heteroatoms. The first-order valence-corrected chi connectivity index (χ1v) is 6.53. The monoisotopic (exact) mass is 285 g/mol. The number of nitrogens with zero attached hydrogens (tertiary/aromatic N) is 3. The minimum Gasteiger partial charge on any atom is -0.497 e. The highest BCUT2D eigenvalue weighted by Crippen LogP contribution is 2.15. The zero-order valence-electron chi connectivity index (χ0n) is 12.4. The van der Waals surface area contributed by atoms with Crippen molar-refractivity contribution in [2.24, 2.45) is 5.73 Å². The molecule has 0 aliphatic heterocycles. The summed E-state index contributed by atoms with van der Waals surface area (Å²) >= 11 is 0. The molecule has 0 aliphatic rings. The fourth-order valence-electron chi connectivity index (χ4n) is 1.94. The average Bonchev–Trinajstić information content (AvgIpc) is 2.47. The van der Waals surface area contributed by atoms with Gasteiger partial charge in [-0.25, -0.2) is 9.97 Å². The third kappa shape index (κ3) is 3.68. The quantitative estimate of drug-likeness (QED) is 0.645. The van der Waals surface area contributed by atoms with Gasteiger partial charge in [-0.2, -0.15) is 0 Å². The van der Waals surface area contributed by atoms with E-state index in [2.05, 4.69) is 9.97 Å². The zero-order chi connectivity index (χ0) is 15.4. The predicted molar refractivity (Wildman–Crippen MR) is 82.9 cm³/mol. The van der Waals surface area contributed by atoms with Crippen LogP contribution >= 0.6 is 0 Å². The summed E-state index contributed by atoms with van der Waals surface area (Å²) in [6, 6.07) is 9.53. The van der Waals surface area contributed by atoms with Gasteiger partial charge in [-0.15, -0.1) is 0 Å². The number of amidine groups is 1. The molecule has 0 unspecified atom stereocenters. The molecule has 0 fully saturated rings. The summed E-state index contributed by atoms with van der Waals surface area (Å²) in [5.41, 5.74) is 7.84. The second kappa shape index (κ2) is 6.21. The van der Waals surface area contributed by atoms with Crippen molar-refractivity contribution in [3.05, 3.63) is 47.3 Å². The summed E-state index contributed by atoms with van der Waals surface area (Å²) in [7, 11) is 3.55. The first-order valence-electron chi connectivity index (χ1n) is 6.53. The summed E-state index contributed by atoms with van der Waals surface area (Å²) in [6.07, 6.45) is 0. The number of hydrogen-bond acceptors (Lipinski definition) is 5. The summed E-state index contributed by atoms with van der Waals surface area (Å²) in [6.45, 7) is 2.52. The van der Waals surface area contributed by atoms with Gasteiger partial charge < -0.3 is 15.4 Å². The number of aromatic nitrogens is 2. The lowest BCUT2D eigenvalue weighted by Crippen LogP contribution is -2.22. The van der Waals surface area contributed by atoms with Crippen LogP contribution in [0, 0.1) is 12.3 Å². The Kier molecular flexibility index (Phi) is 4.37. The molecule has 0 bridgehead atoms. The Morgan fingerprint density at radius 3 is 2.52 bits per heavy atom. The molecule has 0 saturated heterocycles. The molecule has 110 valence electrons. The van der Waals surface area contributed by atoms with Crippen LogP contribution in [0.25, 0.3) is 0 Å². The maximum atomic E-state index is 7.49.